The molecule has 1 amide bonds. The van der Waals surface area contributed by atoms with Crippen molar-refractivity contribution in [2.75, 3.05) is 5.32 Å². The Morgan fingerprint density at radius 2 is 1.42 bits per heavy atom. The van der Waals surface area contributed by atoms with Gasteiger partial charge in [0.2, 0.25) is 5.82 Å². The summed E-state index contributed by atoms with van der Waals surface area (Å²) in [6.07, 6.45) is 0. The summed E-state index contributed by atoms with van der Waals surface area (Å²) in [6, 6.07) is 26.0. The van der Waals surface area contributed by atoms with Crippen LogP contribution in [0, 0.1) is 0 Å². The molecule has 0 atom stereocenters. The van der Waals surface area contributed by atoms with Crippen LogP contribution in [-0.2, 0) is 0 Å². The number of aromatic nitrogens is 2. The number of carbonyl (C=O) groups excluding carboxylic acids is 1. The lowest BCUT2D eigenvalue weighted by atomic mass is 10.1. The van der Waals surface area contributed by atoms with Crippen LogP contribution in [0.5, 0.6) is 0 Å². The fourth-order valence-corrected chi connectivity index (χ4v) is 2.53. The molecule has 0 aliphatic heterocycles. The predicted octanol–water partition coefficient (Wildman–Crippen LogP) is 4.66. The van der Waals surface area contributed by atoms with Crippen LogP contribution in [0.1, 0.15) is 10.4 Å². The lowest BCUT2D eigenvalue weighted by Gasteiger charge is -2.05. The number of hydrogen-bond donors (Lipinski definition) is 1. The van der Waals surface area contributed by atoms with Crippen LogP contribution >= 0.6 is 0 Å². The van der Waals surface area contributed by atoms with Gasteiger partial charge in [0.1, 0.15) is 0 Å². The molecule has 4 aromatic rings. The molecule has 1 N–H and O–H groups in total. The summed E-state index contributed by atoms with van der Waals surface area (Å²) in [6.45, 7) is 0. The maximum absolute atomic E-state index is 12.2. The minimum Gasteiger partial charge on any atom is -0.334 e. The molecule has 0 saturated heterocycles. The Hall–Kier alpha value is -3.73. The zero-order valence-electron chi connectivity index (χ0n) is 13.8. The zero-order valence-corrected chi connectivity index (χ0v) is 13.8. The van der Waals surface area contributed by atoms with Crippen LogP contribution in [0.2, 0.25) is 0 Å². The summed E-state index contributed by atoms with van der Waals surface area (Å²) in [5, 5.41) is 6.89. The van der Waals surface area contributed by atoms with E-state index in [9.17, 15) is 4.79 Å². The third kappa shape index (κ3) is 3.37. The van der Waals surface area contributed by atoms with Crippen LogP contribution in [0.3, 0.4) is 0 Å². The Balaban J connectivity index is 1.50. The molecular weight excluding hydrogens is 326 g/mol. The maximum Gasteiger partial charge on any atom is 0.258 e. The number of nitrogens with zero attached hydrogens (tertiary/aromatic N) is 2. The molecule has 4 rings (SSSR count). The Morgan fingerprint density at radius 1 is 0.769 bits per heavy atom. The molecule has 0 fully saturated rings. The Morgan fingerprint density at radius 3 is 2.12 bits per heavy atom. The lowest BCUT2D eigenvalue weighted by molar-refractivity contribution is 0.102. The predicted molar refractivity (Wildman–Crippen MR) is 99.6 cm³/mol. The Bertz CT molecular complexity index is 1010. The number of benzene rings is 3. The van der Waals surface area contributed by atoms with E-state index in [-0.39, 0.29) is 5.91 Å². The number of nitrogens with one attached hydrogen (secondary N) is 1. The van der Waals surface area contributed by atoms with Crippen molar-refractivity contribution in [3.63, 3.8) is 0 Å². The van der Waals surface area contributed by atoms with Gasteiger partial charge < -0.3 is 9.84 Å². The van der Waals surface area contributed by atoms with Crippen molar-refractivity contribution in [1.29, 1.82) is 0 Å². The van der Waals surface area contributed by atoms with E-state index < -0.39 is 0 Å². The van der Waals surface area contributed by atoms with E-state index in [0.29, 0.717) is 23.0 Å². The average molecular weight is 341 g/mol. The van der Waals surface area contributed by atoms with E-state index in [4.69, 9.17) is 4.52 Å². The lowest BCUT2D eigenvalue weighted by Crippen LogP contribution is -2.11. The number of anilines is 1. The van der Waals surface area contributed by atoms with Crippen molar-refractivity contribution in [3.8, 4) is 22.8 Å². The van der Waals surface area contributed by atoms with Gasteiger partial charge in [-0.15, -0.1) is 0 Å². The van der Waals surface area contributed by atoms with Gasteiger partial charge in [0, 0.05) is 22.4 Å². The van der Waals surface area contributed by atoms with Gasteiger partial charge in [-0.25, -0.2) is 0 Å². The van der Waals surface area contributed by atoms with E-state index in [1.165, 1.54) is 0 Å². The second-order valence-corrected chi connectivity index (χ2v) is 5.69. The summed E-state index contributed by atoms with van der Waals surface area (Å²) >= 11 is 0. The highest BCUT2D eigenvalue weighted by atomic mass is 16.5. The van der Waals surface area contributed by atoms with Crippen molar-refractivity contribution < 1.29 is 9.32 Å². The molecule has 0 aliphatic carbocycles. The molecule has 0 saturated carbocycles. The standard InChI is InChI=1S/C21H15N3O2/c25-20(16-7-3-1-4-8-16)22-18-13-11-15(12-14-18)19-23-21(26-24-19)17-9-5-2-6-10-17/h1-14H,(H,22,25). The van der Waals surface area contributed by atoms with Crippen LogP contribution in [0.15, 0.2) is 89.5 Å². The fourth-order valence-electron chi connectivity index (χ4n) is 2.53. The maximum atomic E-state index is 12.2. The number of carbonyl (C=O) groups is 1. The van der Waals surface area contributed by atoms with Crippen molar-refractivity contribution in [2.24, 2.45) is 0 Å². The normalized spacial score (nSPS) is 10.5. The zero-order chi connectivity index (χ0) is 17.8. The van der Waals surface area contributed by atoms with Gasteiger partial charge in [0.15, 0.2) is 0 Å². The van der Waals surface area contributed by atoms with Gasteiger partial charge in [0.25, 0.3) is 11.8 Å². The molecule has 1 aromatic heterocycles. The van der Waals surface area contributed by atoms with E-state index in [1.54, 1.807) is 12.1 Å². The number of rotatable bonds is 4. The molecule has 0 unspecified atom stereocenters. The summed E-state index contributed by atoms with van der Waals surface area (Å²) in [7, 11) is 0. The molecule has 5 heteroatoms. The van der Waals surface area contributed by atoms with Crippen LogP contribution in [0.4, 0.5) is 5.69 Å². The molecule has 3 aromatic carbocycles. The highest BCUT2D eigenvalue weighted by molar-refractivity contribution is 6.04. The smallest absolute Gasteiger partial charge is 0.258 e. The highest BCUT2D eigenvalue weighted by Crippen LogP contribution is 2.23. The average Bonchev–Trinajstić information content (AvgIpc) is 3.20. The largest absolute Gasteiger partial charge is 0.334 e. The second-order valence-electron chi connectivity index (χ2n) is 5.69. The first-order chi connectivity index (χ1) is 12.8. The van der Waals surface area contributed by atoms with Gasteiger partial charge in [-0.2, -0.15) is 4.98 Å². The van der Waals surface area contributed by atoms with Crippen molar-refractivity contribution >= 4 is 11.6 Å². The van der Waals surface area contributed by atoms with E-state index in [1.807, 2.05) is 72.8 Å². The first-order valence-electron chi connectivity index (χ1n) is 8.15. The van der Waals surface area contributed by atoms with Crippen LogP contribution < -0.4 is 5.32 Å². The Labute approximate surface area is 150 Å². The third-order valence-electron chi connectivity index (χ3n) is 3.88. The SMILES string of the molecule is O=C(Nc1ccc(-c2noc(-c3ccccc3)n2)cc1)c1ccccc1. The highest BCUT2D eigenvalue weighted by Gasteiger charge is 2.11. The van der Waals surface area contributed by atoms with Crippen LogP contribution in [-0.4, -0.2) is 16.0 Å². The van der Waals surface area contributed by atoms with Crippen molar-refractivity contribution in [2.45, 2.75) is 0 Å². The van der Waals surface area contributed by atoms with Crippen molar-refractivity contribution in [3.05, 3.63) is 90.5 Å². The van der Waals surface area contributed by atoms with Gasteiger partial charge >= 0.3 is 0 Å². The Kier molecular flexibility index (Phi) is 4.26. The summed E-state index contributed by atoms with van der Waals surface area (Å²) in [5.74, 6) is 0.830. The molecule has 26 heavy (non-hydrogen) atoms. The molecule has 0 spiro atoms. The molecule has 1 heterocycles. The van der Waals surface area contributed by atoms with E-state index >= 15 is 0 Å². The minimum atomic E-state index is -0.149. The topological polar surface area (TPSA) is 68.0 Å². The van der Waals surface area contributed by atoms with E-state index in [0.717, 1.165) is 11.1 Å². The second kappa shape index (κ2) is 7.03. The van der Waals surface area contributed by atoms with Gasteiger partial charge in [-0.1, -0.05) is 41.6 Å². The van der Waals surface area contributed by atoms with E-state index in [2.05, 4.69) is 15.5 Å². The first kappa shape index (κ1) is 15.8. The molecule has 0 aliphatic rings. The first-order valence-corrected chi connectivity index (χ1v) is 8.15. The minimum absolute atomic E-state index is 0.149. The van der Waals surface area contributed by atoms with Gasteiger partial charge in [-0.05, 0) is 48.5 Å². The number of amides is 1. The summed E-state index contributed by atoms with van der Waals surface area (Å²) < 4.78 is 5.33. The molecular formula is C21H15N3O2. The number of hydrogen-bond acceptors (Lipinski definition) is 4. The van der Waals surface area contributed by atoms with Crippen molar-refractivity contribution in [1.82, 2.24) is 10.1 Å². The monoisotopic (exact) mass is 341 g/mol. The molecule has 0 bridgehead atoms. The fraction of sp³-hybridized carbons (Fsp3) is 0. The third-order valence-corrected chi connectivity index (χ3v) is 3.88. The van der Waals surface area contributed by atoms with Crippen LogP contribution in [0.25, 0.3) is 22.8 Å². The molecule has 5 nitrogen and oxygen atoms in total. The van der Waals surface area contributed by atoms with Gasteiger partial charge in [-0.3, -0.25) is 4.79 Å². The molecule has 126 valence electrons. The molecule has 0 radical (unpaired) electrons. The van der Waals surface area contributed by atoms with Gasteiger partial charge in [0.05, 0.1) is 0 Å². The quantitative estimate of drug-likeness (QED) is 0.586. The summed E-state index contributed by atoms with van der Waals surface area (Å²) in [4.78, 5) is 16.6. The summed E-state index contributed by atoms with van der Waals surface area (Å²) in [5.41, 5.74) is 3.00.